The molecule has 0 aliphatic carbocycles. The lowest BCUT2D eigenvalue weighted by Crippen LogP contribution is -2.18. The minimum Gasteiger partial charge on any atom is -0.494 e. The Labute approximate surface area is 178 Å². The lowest BCUT2D eigenvalue weighted by molar-refractivity contribution is -0.116. The maximum atomic E-state index is 14.0. The molecule has 0 spiro atoms. The first-order valence-corrected chi connectivity index (χ1v) is 9.79. The number of amides is 1. The largest absolute Gasteiger partial charge is 0.494 e. The maximum absolute atomic E-state index is 14.0. The van der Waals surface area contributed by atoms with Crippen molar-refractivity contribution in [3.05, 3.63) is 72.2 Å². The zero-order chi connectivity index (χ0) is 21.8. The lowest BCUT2D eigenvalue weighted by Gasteiger charge is -2.08. The Bertz CT molecular complexity index is 1200. The van der Waals surface area contributed by atoms with Gasteiger partial charge in [0.2, 0.25) is 11.7 Å². The van der Waals surface area contributed by atoms with E-state index >= 15 is 0 Å². The van der Waals surface area contributed by atoms with Crippen molar-refractivity contribution in [3.8, 4) is 28.7 Å². The second-order valence-electron chi connectivity index (χ2n) is 6.89. The molecule has 7 nitrogen and oxygen atoms in total. The van der Waals surface area contributed by atoms with Gasteiger partial charge in [0, 0.05) is 17.4 Å². The van der Waals surface area contributed by atoms with Crippen LogP contribution in [0.1, 0.15) is 12.5 Å². The first kappa shape index (κ1) is 20.3. The smallest absolute Gasteiger partial charge is 0.274 e. The van der Waals surface area contributed by atoms with Crippen LogP contribution in [0.4, 0.5) is 10.1 Å². The number of nitrogens with zero attached hydrogens (tertiary/aromatic N) is 3. The first-order chi connectivity index (χ1) is 15.1. The number of carbonyl (C=O) groups is 1. The zero-order valence-electron chi connectivity index (χ0n) is 17.1. The first-order valence-electron chi connectivity index (χ1n) is 9.79. The number of carbonyl (C=O) groups excluding carboxylic acids is 1. The van der Waals surface area contributed by atoms with Crippen molar-refractivity contribution in [2.45, 2.75) is 19.9 Å². The molecule has 31 heavy (non-hydrogen) atoms. The molecule has 1 amide bonds. The van der Waals surface area contributed by atoms with E-state index in [1.807, 2.05) is 24.3 Å². The number of ether oxygens (including phenoxy) is 1. The van der Waals surface area contributed by atoms with Crippen molar-refractivity contribution in [3.63, 3.8) is 0 Å². The molecule has 2 heterocycles. The van der Waals surface area contributed by atoms with Gasteiger partial charge in [-0.15, -0.1) is 0 Å². The van der Waals surface area contributed by atoms with Gasteiger partial charge < -0.3 is 19.1 Å². The third-order valence-electron chi connectivity index (χ3n) is 4.84. The minimum atomic E-state index is -0.515. The van der Waals surface area contributed by atoms with Gasteiger partial charge in [-0.1, -0.05) is 24.2 Å². The Kier molecular flexibility index (Phi) is 5.79. The molecule has 0 unspecified atom stereocenters. The van der Waals surface area contributed by atoms with Crippen LogP contribution in [0.25, 0.3) is 23.0 Å². The number of anilines is 1. The SMILES string of the molecule is CCc1ccc(NC(=O)Cn2cccc2-c2nc(-c3ccc(OC)c(F)c3)no2)cc1. The number of rotatable bonds is 7. The highest BCUT2D eigenvalue weighted by molar-refractivity contribution is 5.90. The van der Waals surface area contributed by atoms with Crippen LogP contribution in [0.15, 0.2) is 65.3 Å². The van der Waals surface area contributed by atoms with Gasteiger partial charge in [0.15, 0.2) is 11.6 Å². The van der Waals surface area contributed by atoms with Gasteiger partial charge in [-0.05, 0) is 54.4 Å². The predicted octanol–water partition coefficient (Wildman–Crippen LogP) is 4.55. The van der Waals surface area contributed by atoms with Crippen molar-refractivity contribution < 1.29 is 18.4 Å². The van der Waals surface area contributed by atoms with E-state index < -0.39 is 5.82 Å². The van der Waals surface area contributed by atoms with Gasteiger partial charge in [0.05, 0.1) is 7.11 Å². The van der Waals surface area contributed by atoms with E-state index in [1.165, 1.54) is 24.8 Å². The second-order valence-corrected chi connectivity index (χ2v) is 6.89. The molecule has 158 valence electrons. The van der Waals surface area contributed by atoms with Crippen LogP contribution in [-0.2, 0) is 17.8 Å². The highest BCUT2D eigenvalue weighted by Crippen LogP contribution is 2.26. The third kappa shape index (κ3) is 4.48. The average molecular weight is 420 g/mol. The number of aromatic nitrogens is 3. The van der Waals surface area contributed by atoms with Crippen LogP contribution >= 0.6 is 0 Å². The number of hydrogen-bond donors (Lipinski definition) is 1. The fraction of sp³-hybridized carbons (Fsp3) is 0.174. The Morgan fingerprint density at radius 3 is 2.71 bits per heavy atom. The summed E-state index contributed by atoms with van der Waals surface area (Å²) in [6.07, 6.45) is 2.70. The van der Waals surface area contributed by atoms with Gasteiger partial charge in [-0.25, -0.2) is 4.39 Å². The molecule has 0 radical (unpaired) electrons. The van der Waals surface area contributed by atoms with Crippen LogP contribution in [0.3, 0.4) is 0 Å². The molecule has 4 rings (SSSR count). The van der Waals surface area contributed by atoms with E-state index in [-0.39, 0.29) is 29.9 Å². The fourth-order valence-electron chi connectivity index (χ4n) is 3.18. The van der Waals surface area contributed by atoms with Crippen molar-refractivity contribution in [1.29, 1.82) is 0 Å². The molecule has 2 aromatic carbocycles. The topological polar surface area (TPSA) is 82.2 Å². The number of methoxy groups -OCH3 is 1. The lowest BCUT2D eigenvalue weighted by atomic mass is 10.1. The normalized spacial score (nSPS) is 10.8. The summed E-state index contributed by atoms with van der Waals surface area (Å²) in [6.45, 7) is 2.15. The van der Waals surface area contributed by atoms with E-state index in [2.05, 4.69) is 22.4 Å². The zero-order valence-corrected chi connectivity index (χ0v) is 17.1. The summed E-state index contributed by atoms with van der Waals surface area (Å²) in [4.78, 5) is 16.8. The number of benzene rings is 2. The molecule has 0 saturated carbocycles. The Morgan fingerprint density at radius 1 is 1.19 bits per heavy atom. The van der Waals surface area contributed by atoms with Crippen molar-refractivity contribution in [2.75, 3.05) is 12.4 Å². The summed E-state index contributed by atoms with van der Waals surface area (Å²) in [5, 5.41) is 6.81. The summed E-state index contributed by atoms with van der Waals surface area (Å²) < 4.78 is 26.0. The Morgan fingerprint density at radius 2 is 2.00 bits per heavy atom. The number of aryl methyl sites for hydroxylation is 1. The predicted molar refractivity (Wildman–Crippen MR) is 114 cm³/mol. The van der Waals surface area contributed by atoms with Gasteiger partial charge in [0.1, 0.15) is 12.2 Å². The standard InChI is InChI=1S/C23H21FN4O3/c1-3-15-6-9-17(10-7-15)25-21(29)14-28-12-4-5-19(28)23-26-22(27-31-23)16-8-11-20(30-2)18(24)13-16/h4-13H,3,14H2,1-2H3,(H,25,29). The second kappa shape index (κ2) is 8.83. The minimum absolute atomic E-state index is 0.0761. The van der Waals surface area contributed by atoms with Crippen molar-refractivity contribution >= 4 is 11.6 Å². The Hall–Kier alpha value is -3.94. The molecule has 8 heteroatoms. The van der Waals surface area contributed by atoms with Gasteiger partial charge >= 0.3 is 0 Å². The van der Waals surface area contributed by atoms with Crippen LogP contribution in [0, 0.1) is 5.82 Å². The maximum Gasteiger partial charge on any atom is 0.274 e. The summed E-state index contributed by atoms with van der Waals surface area (Å²) in [7, 11) is 1.40. The molecular weight excluding hydrogens is 399 g/mol. The van der Waals surface area contributed by atoms with Gasteiger partial charge in [-0.2, -0.15) is 4.98 Å². The molecule has 4 aromatic rings. The van der Waals surface area contributed by atoms with E-state index in [0.29, 0.717) is 11.3 Å². The molecule has 0 bridgehead atoms. The average Bonchev–Trinajstić information content (AvgIpc) is 3.43. The third-order valence-corrected chi connectivity index (χ3v) is 4.84. The molecule has 0 saturated heterocycles. The summed E-state index contributed by atoms with van der Waals surface area (Å²) in [5.74, 6) is -0.0881. The van der Waals surface area contributed by atoms with E-state index in [1.54, 1.807) is 29.0 Å². The van der Waals surface area contributed by atoms with E-state index in [4.69, 9.17) is 9.26 Å². The molecule has 0 fully saturated rings. The van der Waals surface area contributed by atoms with Crippen molar-refractivity contribution in [1.82, 2.24) is 14.7 Å². The molecule has 0 aliphatic heterocycles. The quantitative estimate of drug-likeness (QED) is 0.474. The number of halogens is 1. The molecule has 2 aromatic heterocycles. The van der Waals surface area contributed by atoms with Crippen LogP contribution < -0.4 is 10.1 Å². The van der Waals surface area contributed by atoms with E-state index in [0.717, 1.165) is 12.1 Å². The monoisotopic (exact) mass is 420 g/mol. The van der Waals surface area contributed by atoms with Crippen LogP contribution in [0.2, 0.25) is 0 Å². The van der Waals surface area contributed by atoms with Gasteiger partial charge in [-0.3, -0.25) is 4.79 Å². The van der Waals surface area contributed by atoms with Crippen LogP contribution in [-0.4, -0.2) is 27.7 Å². The highest BCUT2D eigenvalue weighted by atomic mass is 19.1. The molecular formula is C23H21FN4O3. The molecule has 0 atom stereocenters. The molecule has 0 aliphatic rings. The van der Waals surface area contributed by atoms with Gasteiger partial charge in [0.25, 0.3) is 5.89 Å². The van der Waals surface area contributed by atoms with Crippen molar-refractivity contribution in [2.24, 2.45) is 0 Å². The summed E-state index contributed by atoms with van der Waals surface area (Å²) in [5.41, 5.74) is 2.98. The highest BCUT2D eigenvalue weighted by Gasteiger charge is 2.16. The number of hydrogen-bond acceptors (Lipinski definition) is 5. The fourth-order valence-corrected chi connectivity index (χ4v) is 3.18. The molecule has 1 N–H and O–H groups in total. The van der Waals surface area contributed by atoms with Crippen LogP contribution in [0.5, 0.6) is 5.75 Å². The summed E-state index contributed by atoms with van der Waals surface area (Å²) >= 11 is 0. The number of nitrogens with one attached hydrogen (secondary N) is 1. The van der Waals surface area contributed by atoms with E-state index in [9.17, 15) is 9.18 Å². The Balaban J connectivity index is 1.49. The summed E-state index contributed by atoms with van der Waals surface area (Å²) in [6, 6.07) is 15.7.